The average molecular weight is 274 g/mol. The third kappa shape index (κ3) is 3.75. The second-order valence-corrected chi connectivity index (χ2v) is 5.15. The van der Waals surface area contributed by atoms with E-state index in [1.165, 1.54) is 4.90 Å². The average Bonchev–Trinajstić information content (AvgIpc) is 2.48. The van der Waals surface area contributed by atoms with Crippen LogP contribution in [0.4, 0.5) is 0 Å². The van der Waals surface area contributed by atoms with E-state index in [4.69, 9.17) is 4.74 Å². The van der Waals surface area contributed by atoms with Gasteiger partial charge in [0.2, 0.25) is 0 Å². The fourth-order valence-electron chi connectivity index (χ4n) is 1.77. The molecule has 0 saturated heterocycles. The van der Waals surface area contributed by atoms with Crippen LogP contribution in [0.2, 0.25) is 0 Å². The van der Waals surface area contributed by atoms with Gasteiger partial charge in [0.15, 0.2) is 0 Å². The minimum atomic E-state index is -0.394. The molecule has 1 N–H and O–H groups in total. The molecule has 2 nitrogen and oxygen atoms in total. The van der Waals surface area contributed by atoms with Gasteiger partial charge in [0.1, 0.15) is 11.5 Å². The van der Waals surface area contributed by atoms with Crippen LogP contribution in [0.15, 0.2) is 53.4 Å². The van der Waals surface area contributed by atoms with Crippen LogP contribution in [0, 0.1) is 0 Å². The maximum Gasteiger partial charge on any atom is 0.127 e. The van der Waals surface area contributed by atoms with Gasteiger partial charge in [0.25, 0.3) is 0 Å². The van der Waals surface area contributed by atoms with Crippen molar-refractivity contribution in [2.75, 3.05) is 6.26 Å². The minimum absolute atomic E-state index is 0.394. The Bertz CT molecular complexity index is 505. The first kappa shape index (κ1) is 14.0. The molecule has 2 rings (SSSR count). The van der Waals surface area contributed by atoms with Gasteiger partial charge in [-0.1, -0.05) is 19.1 Å². The van der Waals surface area contributed by atoms with Crippen molar-refractivity contribution in [1.82, 2.24) is 0 Å². The lowest BCUT2D eigenvalue weighted by Crippen LogP contribution is -1.94. The van der Waals surface area contributed by atoms with E-state index in [0.29, 0.717) is 0 Å². The summed E-state index contributed by atoms with van der Waals surface area (Å²) < 4.78 is 5.76. The summed E-state index contributed by atoms with van der Waals surface area (Å²) in [4.78, 5) is 1.22. The molecular weight excluding hydrogens is 256 g/mol. The van der Waals surface area contributed by atoms with Crippen LogP contribution in [-0.2, 0) is 0 Å². The van der Waals surface area contributed by atoms with E-state index in [9.17, 15) is 5.11 Å². The zero-order valence-corrected chi connectivity index (χ0v) is 12.0. The Morgan fingerprint density at radius 2 is 1.53 bits per heavy atom. The van der Waals surface area contributed by atoms with E-state index in [2.05, 4.69) is 0 Å². The van der Waals surface area contributed by atoms with Gasteiger partial charge in [-0.25, -0.2) is 0 Å². The molecule has 0 aliphatic heterocycles. The van der Waals surface area contributed by atoms with Crippen LogP contribution in [0.25, 0.3) is 0 Å². The molecule has 100 valence electrons. The second kappa shape index (κ2) is 6.64. The van der Waals surface area contributed by atoms with Crippen LogP contribution in [0.1, 0.15) is 25.0 Å². The molecular formula is C16H18O2S. The van der Waals surface area contributed by atoms with Crippen molar-refractivity contribution in [2.24, 2.45) is 0 Å². The zero-order chi connectivity index (χ0) is 13.7. The highest BCUT2D eigenvalue weighted by molar-refractivity contribution is 7.98. The van der Waals surface area contributed by atoms with E-state index < -0.39 is 6.10 Å². The third-order valence-corrected chi connectivity index (χ3v) is 3.69. The SMILES string of the molecule is CCC(O)c1ccc(Oc2ccc(SC)cc2)cc1. The molecule has 0 fully saturated rings. The Balaban J connectivity index is 2.06. The van der Waals surface area contributed by atoms with Crippen LogP contribution in [0.3, 0.4) is 0 Å². The number of aliphatic hydroxyl groups is 1. The lowest BCUT2D eigenvalue weighted by Gasteiger charge is -2.10. The highest BCUT2D eigenvalue weighted by Gasteiger charge is 2.04. The summed E-state index contributed by atoms with van der Waals surface area (Å²) in [5.74, 6) is 1.60. The van der Waals surface area contributed by atoms with Gasteiger partial charge in [-0.05, 0) is 54.6 Å². The van der Waals surface area contributed by atoms with Crippen LogP contribution >= 0.6 is 11.8 Å². The normalized spacial score (nSPS) is 12.2. The number of hydrogen-bond acceptors (Lipinski definition) is 3. The predicted molar refractivity (Wildman–Crippen MR) is 80.0 cm³/mol. The lowest BCUT2D eigenvalue weighted by atomic mass is 10.1. The Hall–Kier alpha value is -1.45. The van der Waals surface area contributed by atoms with Crippen molar-refractivity contribution >= 4 is 11.8 Å². The summed E-state index contributed by atoms with van der Waals surface area (Å²) in [6.07, 6.45) is 2.37. The van der Waals surface area contributed by atoms with E-state index >= 15 is 0 Å². The van der Waals surface area contributed by atoms with Gasteiger partial charge in [-0.15, -0.1) is 11.8 Å². The third-order valence-electron chi connectivity index (χ3n) is 2.95. The summed E-state index contributed by atoms with van der Waals surface area (Å²) in [6, 6.07) is 15.6. The van der Waals surface area contributed by atoms with Crippen molar-refractivity contribution in [3.8, 4) is 11.5 Å². The van der Waals surface area contributed by atoms with Crippen molar-refractivity contribution in [2.45, 2.75) is 24.3 Å². The smallest absolute Gasteiger partial charge is 0.127 e. The molecule has 3 heteroatoms. The fourth-order valence-corrected chi connectivity index (χ4v) is 2.18. The summed E-state index contributed by atoms with van der Waals surface area (Å²) in [7, 11) is 0. The summed E-state index contributed by atoms with van der Waals surface area (Å²) in [5.41, 5.74) is 0.924. The molecule has 2 aromatic carbocycles. The fraction of sp³-hybridized carbons (Fsp3) is 0.250. The molecule has 0 heterocycles. The maximum atomic E-state index is 9.72. The molecule has 0 aromatic heterocycles. The minimum Gasteiger partial charge on any atom is -0.457 e. The van der Waals surface area contributed by atoms with Gasteiger partial charge >= 0.3 is 0 Å². The van der Waals surface area contributed by atoms with E-state index in [-0.39, 0.29) is 0 Å². The number of ether oxygens (including phenoxy) is 1. The molecule has 0 radical (unpaired) electrons. The first-order valence-electron chi connectivity index (χ1n) is 6.33. The Kier molecular flexibility index (Phi) is 4.88. The van der Waals surface area contributed by atoms with Crippen molar-refractivity contribution < 1.29 is 9.84 Å². The first-order chi connectivity index (χ1) is 9.22. The van der Waals surface area contributed by atoms with Crippen molar-refractivity contribution in [3.05, 3.63) is 54.1 Å². The molecule has 0 aliphatic carbocycles. The molecule has 1 atom stereocenters. The molecule has 0 aliphatic rings. The number of rotatable bonds is 5. The number of benzene rings is 2. The van der Waals surface area contributed by atoms with Crippen LogP contribution < -0.4 is 4.74 Å². The van der Waals surface area contributed by atoms with Crippen molar-refractivity contribution in [1.29, 1.82) is 0 Å². The van der Waals surface area contributed by atoms with Crippen LogP contribution in [-0.4, -0.2) is 11.4 Å². The quantitative estimate of drug-likeness (QED) is 0.805. The molecule has 2 aromatic rings. The van der Waals surface area contributed by atoms with E-state index in [1.54, 1.807) is 11.8 Å². The molecule has 19 heavy (non-hydrogen) atoms. The molecule has 0 amide bonds. The Labute approximate surface area is 118 Å². The molecule has 0 bridgehead atoms. The predicted octanol–water partition coefficient (Wildman–Crippen LogP) is 4.64. The van der Waals surface area contributed by atoms with E-state index in [1.807, 2.05) is 61.7 Å². The van der Waals surface area contributed by atoms with Gasteiger partial charge in [-0.2, -0.15) is 0 Å². The highest BCUT2D eigenvalue weighted by atomic mass is 32.2. The standard InChI is InChI=1S/C16H18O2S/c1-3-16(17)12-4-6-13(7-5-12)18-14-8-10-15(19-2)11-9-14/h4-11,16-17H,3H2,1-2H3. The largest absolute Gasteiger partial charge is 0.457 e. The molecule has 0 saturated carbocycles. The summed E-state index contributed by atoms with van der Waals surface area (Å²) in [6.45, 7) is 1.96. The second-order valence-electron chi connectivity index (χ2n) is 4.27. The molecule has 1 unspecified atom stereocenters. The monoisotopic (exact) mass is 274 g/mol. The van der Waals surface area contributed by atoms with Gasteiger partial charge < -0.3 is 9.84 Å². The van der Waals surface area contributed by atoms with Gasteiger partial charge in [-0.3, -0.25) is 0 Å². The Morgan fingerprint density at radius 1 is 1.00 bits per heavy atom. The summed E-state index contributed by atoms with van der Waals surface area (Å²) in [5, 5.41) is 9.72. The lowest BCUT2D eigenvalue weighted by molar-refractivity contribution is 0.173. The number of aliphatic hydroxyl groups excluding tert-OH is 1. The molecule has 0 spiro atoms. The maximum absolute atomic E-state index is 9.72. The first-order valence-corrected chi connectivity index (χ1v) is 7.55. The van der Waals surface area contributed by atoms with E-state index in [0.717, 1.165) is 23.5 Å². The number of thioether (sulfide) groups is 1. The van der Waals surface area contributed by atoms with Crippen LogP contribution in [0.5, 0.6) is 11.5 Å². The topological polar surface area (TPSA) is 29.5 Å². The Morgan fingerprint density at radius 3 is 2.00 bits per heavy atom. The summed E-state index contributed by atoms with van der Waals surface area (Å²) >= 11 is 1.71. The van der Waals surface area contributed by atoms with Crippen molar-refractivity contribution in [3.63, 3.8) is 0 Å². The highest BCUT2D eigenvalue weighted by Crippen LogP contribution is 2.26. The van der Waals surface area contributed by atoms with Gasteiger partial charge in [0.05, 0.1) is 6.10 Å². The number of hydrogen-bond donors (Lipinski definition) is 1. The van der Waals surface area contributed by atoms with Gasteiger partial charge in [0, 0.05) is 4.90 Å². The zero-order valence-electron chi connectivity index (χ0n) is 11.2.